The first-order chi connectivity index (χ1) is 14.8. The third-order valence-corrected chi connectivity index (χ3v) is 5.14. The largest absolute Gasteiger partial charge is 0.493 e. The maximum Gasteiger partial charge on any atom is 0.327 e. The van der Waals surface area contributed by atoms with E-state index in [0.717, 1.165) is 6.42 Å². The van der Waals surface area contributed by atoms with Gasteiger partial charge in [0.15, 0.2) is 5.75 Å². The van der Waals surface area contributed by atoms with Crippen LogP contribution in [0.3, 0.4) is 0 Å². The number of carbonyl (C=O) groups excluding carboxylic acids is 2. The van der Waals surface area contributed by atoms with Crippen LogP contribution in [-0.4, -0.2) is 44.6 Å². The number of ether oxygens (including phenoxy) is 3. The van der Waals surface area contributed by atoms with Gasteiger partial charge >= 0.3 is 5.69 Å². The molecule has 0 unspecified atom stereocenters. The molecule has 2 aromatic rings. The summed E-state index contributed by atoms with van der Waals surface area (Å²) in [6.45, 7) is 0.562. The molecule has 3 rings (SSSR count). The Bertz CT molecular complexity index is 1060. The van der Waals surface area contributed by atoms with Crippen molar-refractivity contribution < 1.29 is 28.7 Å². The van der Waals surface area contributed by atoms with Gasteiger partial charge in [-0.15, -0.1) is 0 Å². The Morgan fingerprint density at radius 1 is 1.16 bits per heavy atom. The van der Waals surface area contributed by atoms with Crippen molar-refractivity contribution in [1.82, 2.24) is 0 Å². The van der Waals surface area contributed by atoms with Crippen LogP contribution in [0.4, 0.5) is 17.1 Å². The van der Waals surface area contributed by atoms with E-state index in [-0.39, 0.29) is 39.4 Å². The number of nitro groups is 1. The molecule has 0 atom stereocenters. The van der Waals surface area contributed by atoms with Gasteiger partial charge in [-0.3, -0.25) is 19.7 Å². The summed E-state index contributed by atoms with van der Waals surface area (Å²) in [4.78, 5) is 37.6. The smallest absolute Gasteiger partial charge is 0.327 e. The Labute approximate surface area is 182 Å². The van der Waals surface area contributed by atoms with E-state index in [4.69, 9.17) is 25.8 Å². The monoisotopic (exact) mass is 449 g/mol. The second kappa shape index (κ2) is 9.09. The Hall–Kier alpha value is -3.53. The molecule has 164 valence electrons. The van der Waals surface area contributed by atoms with Gasteiger partial charge in [-0.1, -0.05) is 11.6 Å². The van der Waals surface area contributed by atoms with Gasteiger partial charge < -0.3 is 24.4 Å². The zero-order valence-electron chi connectivity index (χ0n) is 17.1. The van der Waals surface area contributed by atoms with Crippen molar-refractivity contribution in [3.05, 3.63) is 45.0 Å². The number of benzene rings is 2. The molecule has 1 heterocycles. The van der Waals surface area contributed by atoms with Crippen LogP contribution < -0.4 is 24.4 Å². The Balaban J connectivity index is 2.04. The van der Waals surface area contributed by atoms with Gasteiger partial charge in [-0.2, -0.15) is 0 Å². The van der Waals surface area contributed by atoms with E-state index in [1.54, 1.807) is 23.1 Å². The van der Waals surface area contributed by atoms with Crippen LogP contribution in [0.1, 0.15) is 23.2 Å². The number of hydrogen-bond acceptors (Lipinski definition) is 7. The van der Waals surface area contributed by atoms with Crippen molar-refractivity contribution in [3.63, 3.8) is 0 Å². The molecule has 0 spiro atoms. The molecule has 0 radical (unpaired) electrons. The number of nitro benzene ring substituents is 1. The van der Waals surface area contributed by atoms with E-state index < -0.39 is 16.5 Å². The first kappa shape index (κ1) is 22.2. The van der Waals surface area contributed by atoms with Gasteiger partial charge in [-0.25, -0.2) is 0 Å². The van der Waals surface area contributed by atoms with Crippen molar-refractivity contribution in [2.24, 2.45) is 0 Å². The van der Waals surface area contributed by atoms with E-state index in [1.807, 2.05) is 0 Å². The molecule has 0 aliphatic carbocycles. The molecule has 11 heteroatoms. The van der Waals surface area contributed by atoms with Crippen molar-refractivity contribution >= 4 is 40.5 Å². The van der Waals surface area contributed by atoms with E-state index in [9.17, 15) is 19.7 Å². The fourth-order valence-electron chi connectivity index (χ4n) is 3.38. The number of carbonyl (C=O) groups is 2. The lowest BCUT2D eigenvalue weighted by atomic mass is 10.1. The fourth-order valence-corrected chi connectivity index (χ4v) is 3.55. The summed E-state index contributed by atoms with van der Waals surface area (Å²) < 4.78 is 15.5. The predicted octanol–water partition coefficient (Wildman–Crippen LogP) is 3.65. The average molecular weight is 450 g/mol. The van der Waals surface area contributed by atoms with Crippen molar-refractivity contribution in [3.8, 4) is 17.2 Å². The van der Waals surface area contributed by atoms with E-state index >= 15 is 0 Å². The molecule has 1 saturated heterocycles. The number of hydrogen-bond donors (Lipinski definition) is 1. The molecule has 0 saturated carbocycles. The molecule has 1 fully saturated rings. The summed E-state index contributed by atoms with van der Waals surface area (Å²) in [5.74, 6) is -1.02. The molecular weight excluding hydrogens is 430 g/mol. The Morgan fingerprint density at radius 3 is 2.42 bits per heavy atom. The zero-order chi connectivity index (χ0) is 22.7. The number of halogens is 1. The molecule has 31 heavy (non-hydrogen) atoms. The topological polar surface area (TPSA) is 120 Å². The summed E-state index contributed by atoms with van der Waals surface area (Å²) in [6, 6.07) is 5.95. The minimum absolute atomic E-state index is 0.0131. The highest BCUT2D eigenvalue weighted by Crippen LogP contribution is 2.46. The first-order valence-corrected chi connectivity index (χ1v) is 9.58. The molecular formula is C20H20ClN3O7. The van der Waals surface area contributed by atoms with Crippen LogP contribution in [0.2, 0.25) is 5.02 Å². The summed E-state index contributed by atoms with van der Waals surface area (Å²) in [7, 11) is 3.85. The standard InChI is InChI=1S/C20H20ClN3O7/c1-29-15-10-12(17(24(27)28)19(31-3)18(15)30-2)20(26)22-14-9-11(6-7-13(14)21)23-8-4-5-16(23)25/h6-7,9-10H,4-5,8H2,1-3H3,(H,22,26). The van der Waals surface area contributed by atoms with E-state index in [0.29, 0.717) is 18.7 Å². The van der Waals surface area contributed by atoms with Crippen LogP contribution in [0, 0.1) is 10.1 Å². The molecule has 0 aromatic heterocycles. The molecule has 2 aromatic carbocycles. The summed E-state index contributed by atoms with van der Waals surface area (Å²) >= 11 is 6.22. The number of nitrogens with one attached hydrogen (secondary N) is 1. The number of nitrogens with zero attached hydrogens (tertiary/aromatic N) is 2. The normalized spacial score (nSPS) is 13.2. The summed E-state index contributed by atoms with van der Waals surface area (Å²) in [5, 5.41) is 14.5. The van der Waals surface area contributed by atoms with Gasteiger partial charge in [0.25, 0.3) is 5.91 Å². The molecule has 1 aliphatic rings. The van der Waals surface area contributed by atoms with Crippen LogP contribution in [-0.2, 0) is 4.79 Å². The summed E-state index contributed by atoms with van der Waals surface area (Å²) in [5.41, 5.74) is -0.119. The fraction of sp³-hybridized carbons (Fsp3) is 0.300. The predicted molar refractivity (Wildman–Crippen MR) is 114 cm³/mol. The molecule has 0 bridgehead atoms. The maximum absolute atomic E-state index is 13.0. The van der Waals surface area contributed by atoms with Gasteiger partial charge in [0.1, 0.15) is 5.56 Å². The van der Waals surface area contributed by atoms with Crippen LogP contribution in [0.15, 0.2) is 24.3 Å². The van der Waals surface area contributed by atoms with E-state index in [1.165, 1.54) is 27.4 Å². The number of amides is 2. The number of anilines is 2. The lowest BCUT2D eigenvalue weighted by Gasteiger charge is -2.18. The first-order valence-electron chi connectivity index (χ1n) is 9.21. The molecule has 1 aliphatic heterocycles. The third-order valence-electron chi connectivity index (χ3n) is 4.81. The molecule has 2 amide bonds. The lowest BCUT2D eigenvalue weighted by Crippen LogP contribution is -2.24. The van der Waals surface area contributed by atoms with Crippen molar-refractivity contribution in [2.45, 2.75) is 12.8 Å². The van der Waals surface area contributed by atoms with Gasteiger partial charge in [0.2, 0.25) is 17.4 Å². The average Bonchev–Trinajstić information content (AvgIpc) is 3.19. The van der Waals surface area contributed by atoms with Crippen LogP contribution >= 0.6 is 11.6 Å². The molecule has 10 nitrogen and oxygen atoms in total. The molecule has 1 N–H and O–H groups in total. The summed E-state index contributed by atoms with van der Waals surface area (Å²) in [6.07, 6.45) is 1.18. The van der Waals surface area contributed by atoms with E-state index in [2.05, 4.69) is 5.32 Å². The SMILES string of the molecule is COc1cc(C(=O)Nc2cc(N3CCCC3=O)ccc2Cl)c([N+](=O)[O-])c(OC)c1OC. The zero-order valence-corrected chi connectivity index (χ0v) is 17.8. The lowest BCUT2D eigenvalue weighted by molar-refractivity contribution is -0.386. The highest BCUT2D eigenvalue weighted by molar-refractivity contribution is 6.34. The van der Waals surface area contributed by atoms with Crippen molar-refractivity contribution in [1.29, 1.82) is 0 Å². The Kier molecular flexibility index (Phi) is 6.50. The third kappa shape index (κ3) is 4.19. The second-order valence-corrected chi connectivity index (χ2v) is 6.97. The van der Waals surface area contributed by atoms with Crippen LogP contribution in [0.5, 0.6) is 17.2 Å². The minimum Gasteiger partial charge on any atom is -0.493 e. The number of methoxy groups -OCH3 is 3. The highest BCUT2D eigenvalue weighted by atomic mass is 35.5. The van der Waals surface area contributed by atoms with Gasteiger partial charge in [-0.05, 0) is 24.6 Å². The van der Waals surface area contributed by atoms with Crippen molar-refractivity contribution in [2.75, 3.05) is 38.1 Å². The quantitative estimate of drug-likeness (QED) is 0.505. The number of rotatable bonds is 7. The van der Waals surface area contributed by atoms with Gasteiger partial charge in [0.05, 0.1) is 37.0 Å². The Morgan fingerprint density at radius 2 is 1.87 bits per heavy atom. The second-order valence-electron chi connectivity index (χ2n) is 6.57. The van der Waals surface area contributed by atoms with Crippen LogP contribution in [0.25, 0.3) is 0 Å². The minimum atomic E-state index is -0.808. The highest BCUT2D eigenvalue weighted by Gasteiger charge is 2.33. The van der Waals surface area contributed by atoms with Gasteiger partial charge in [0, 0.05) is 24.7 Å². The maximum atomic E-state index is 13.0.